The summed E-state index contributed by atoms with van der Waals surface area (Å²) in [5, 5.41) is 11.8. The van der Waals surface area contributed by atoms with Crippen LogP contribution in [0.5, 0.6) is 0 Å². The van der Waals surface area contributed by atoms with E-state index in [2.05, 4.69) is 46.7 Å². The quantitative estimate of drug-likeness (QED) is 0.439. The number of hydrogen-bond acceptors (Lipinski definition) is 6. The second kappa shape index (κ2) is 9.67. The number of esters is 2. The van der Waals surface area contributed by atoms with Crippen LogP contribution in [0.1, 0.15) is 17.3 Å². The molecule has 0 unspecified atom stereocenters. The number of carboxylic acid groups (broad SMARTS) is 1. The highest BCUT2D eigenvalue weighted by atomic mass is 79.9. The van der Waals surface area contributed by atoms with Gasteiger partial charge in [0.05, 0.1) is 14.2 Å². The van der Waals surface area contributed by atoms with Crippen LogP contribution >= 0.6 is 31.9 Å². The summed E-state index contributed by atoms with van der Waals surface area (Å²) in [6.45, 7) is 1.34. The molecule has 1 amide bonds. The Labute approximate surface area is 166 Å². The lowest BCUT2D eigenvalue weighted by Crippen LogP contribution is -2.50. The average Bonchev–Trinajstić information content (AvgIpc) is 2.57. The average molecular weight is 495 g/mol. The Morgan fingerprint density at radius 1 is 1.00 bits per heavy atom. The fourth-order valence-corrected chi connectivity index (χ4v) is 3.59. The molecule has 0 radical (unpaired) electrons. The van der Waals surface area contributed by atoms with E-state index in [0.29, 0.717) is 8.95 Å². The van der Waals surface area contributed by atoms with Crippen molar-refractivity contribution in [1.29, 1.82) is 0 Å². The van der Waals surface area contributed by atoms with Crippen LogP contribution in [-0.2, 0) is 23.9 Å². The molecule has 0 saturated carbocycles. The summed E-state index contributed by atoms with van der Waals surface area (Å²) in [6, 6.07) is 3.19. The molecule has 0 fully saturated rings. The third-order valence-corrected chi connectivity index (χ3v) is 4.55. The van der Waals surface area contributed by atoms with Crippen LogP contribution in [-0.4, -0.2) is 49.2 Å². The van der Waals surface area contributed by atoms with Crippen molar-refractivity contribution < 1.29 is 33.8 Å². The minimum Gasteiger partial charge on any atom is -0.480 e. The van der Waals surface area contributed by atoms with Gasteiger partial charge in [-0.2, -0.15) is 0 Å². The topological polar surface area (TPSA) is 119 Å². The predicted octanol–water partition coefficient (Wildman–Crippen LogP) is 1.99. The van der Waals surface area contributed by atoms with E-state index >= 15 is 0 Å². The number of rotatable bonds is 7. The second-order valence-corrected chi connectivity index (χ2v) is 7.16. The zero-order chi connectivity index (χ0) is 20.0. The first-order valence-corrected chi connectivity index (χ1v) is 8.86. The molecule has 0 aromatic heterocycles. The van der Waals surface area contributed by atoms with Gasteiger partial charge in [0.1, 0.15) is 6.04 Å². The van der Waals surface area contributed by atoms with Crippen molar-refractivity contribution >= 4 is 55.7 Å². The lowest BCUT2D eigenvalue weighted by Gasteiger charge is -2.26. The Hall–Kier alpha value is -1.94. The zero-order valence-electron chi connectivity index (χ0n) is 14.1. The highest BCUT2D eigenvalue weighted by Crippen LogP contribution is 2.22. The van der Waals surface area contributed by atoms with Crippen LogP contribution in [0.2, 0.25) is 0 Å². The van der Waals surface area contributed by atoms with Gasteiger partial charge in [-0.25, -0.2) is 4.79 Å². The van der Waals surface area contributed by atoms with Crippen LogP contribution < -0.4 is 5.32 Å². The second-order valence-electron chi connectivity index (χ2n) is 5.33. The molecule has 1 aromatic carbocycles. The first kappa shape index (κ1) is 22.1. The summed E-state index contributed by atoms with van der Waals surface area (Å²) in [7, 11) is 2.14. The first-order chi connectivity index (χ1) is 12.1. The van der Waals surface area contributed by atoms with Gasteiger partial charge in [0.15, 0.2) is 5.92 Å². The lowest BCUT2D eigenvalue weighted by atomic mass is 9.87. The number of carboxylic acids is 1. The number of benzene rings is 1. The molecule has 8 nitrogen and oxygen atoms in total. The molecule has 0 saturated heterocycles. The van der Waals surface area contributed by atoms with E-state index < -0.39 is 41.7 Å². The Balaban J connectivity index is 3.13. The molecule has 142 valence electrons. The molecule has 0 aliphatic rings. The smallest absolute Gasteiger partial charge is 0.326 e. The molecule has 10 heteroatoms. The van der Waals surface area contributed by atoms with Crippen molar-refractivity contribution in [3.63, 3.8) is 0 Å². The molecule has 0 bridgehead atoms. The molecule has 2 N–H and O–H groups in total. The maximum absolute atomic E-state index is 12.4. The van der Waals surface area contributed by atoms with Crippen LogP contribution in [0, 0.1) is 11.8 Å². The summed E-state index contributed by atoms with van der Waals surface area (Å²) < 4.78 is 10.3. The predicted molar refractivity (Wildman–Crippen MR) is 97.4 cm³/mol. The Kier molecular flexibility index (Phi) is 8.22. The van der Waals surface area contributed by atoms with E-state index in [-0.39, 0.29) is 5.56 Å². The minimum absolute atomic E-state index is 0.192. The maximum atomic E-state index is 12.4. The van der Waals surface area contributed by atoms with Crippen molar-refractivity contribution in [3.05, 3.63) is 32.7 Å². The number of hydrogen-bond donors (Lipinski definition) is 2. The van der Waals surface area contributed by atoms with Gasteiger partial charge in [0.2, 0.25) is 0 Å². The SMILES string of the molecule is COC(=O)C(C(=O)OC)[C@H](C)[C@H](NC(=O)c1cc(Br)cc(Br)c1)C(=O)O. The number of methoxy groups -OCH3 is 2. The van der Waals surface area contributed by atoms with Crippen molar-refractivity contribution in [2.45, 2.75) is 13.0 Å². The summed E-state index contributed by atoms with van der Waals surface area (Å²) in [4.78, 5) is 47.8. The van der Waals surface area contributed by atoms with Crippen molar-refractivity contribution in [3.8, 4) is 0 Å². The van der Waals surface area contributed by atoms with E-state index in [1.165, 1.54) is 19.1 Å². The normalized spacial score (nSPS) is 12.8. The Morgan fingerprint density at radius 3 is 1.85 bits per heavy atom. The monoisotopic (exact) mass is 493 g/mol. The maximum Gasteiger partial charge on any atom is 0.326 e. The summed E-state index contributed by atoms with van der Waals surface area (Å²) in [6.07, 6.45) is 0. The number of ether oxygens (including phenoxy) is 2. The van der Waals surface area contributed by atoms with Gasteiger partial charge in [-0.3, -0.25) is 14.4 Å². The fourth-order valence-electron chi connectivity index (χ4n) is 2.30. The number of carbonyl (C=O) groups excluding carboxylic acids is 3. The molecule has 2 atom stereocenters. The van der Waals surface area contributed by atoms with Gasteiger partial charge in [-0.05, 0) is 18.2 Å². The fraction of sp³-hybridized carbons (Fsp3) is 0.375. The minimum atomic E-state index is -1.52. The van der Waals surface area contributed by atoms with Gasteiger partial charge < -0.3 is 19.9 Å². The summed E-state index contributed by atoms with van der Waals surface area (Å²) >= 11 is 6.47. The van der Waals surface area contributed by atoms with E-state index in [1.807, 2.05) is 0 Å². The molecular formula is C16H17Br2NO7. The molecular weight excluding hydrogens is 478 g/mol. The van der Waals surface area contributed by atoms with Crippen LogP contribution in [0.3, 0.4) is 0 Å². The highest BCUT2D eigenvalue weighted by molar-refractivity contribution is 9.11. The van der Waals surface area contributed by atoms with Gasteiger partial charge in [-0.15, -0.1) is 0 Å². The van der Waals surface area contributed by atoms with Crippen molar-refractivity contribution in [1.82, 2.24) is 5.32 Å². The molecule has 0 spiro atoms. The molecule has 0 aliphatic heterocycles. The van der Waals surface area contributed by atoms with Crippen LogP contribution in [0.15, 0.2) is 27.1 Å². The highest BCUT2D eigenvalue weighted by Gasteiger charge is 2.42. The number of halogens is 2. The molecule has 1 aromatic rings. The summed E-state index contributed by atoms with van der Waals surface area (Å²) in [5.74, 6) is -6.60. The van der Waals surface area contributed by atoms with Crippen molar-refractivity contribution in [2.24, 2.45) is 11.8 Å². The zero-order valence-corrected chi connectivity index (χ0v) is 17.3. The third-order valence-electron chi connectivity index (χ3n) is 3.64. The number of carbonyl (C=O) groups is 4. The van der Waals surface area contributed by atoms with Crippen LogP contribution in [0.25, 0.3) is 0 Å². The summed E-state index contributed by atoms with van der Waals surface area (Å²) in [5.41, 5.74) is 0.192. The number of amides is 1. The van der Waals surface area contributed by atoms with Crippen molar-refractivity contribution in [2.75, 3.05) is 14.2 Å². The van der Waals surface area contributed by atoms with E-state index in [9.17, 15) is 24.3 Å². The lowest BCUT2D eigenvalue weighted by molar-refractivity contribution is -0.162. The van der Waals surface area contributed by atoms with E-state index in [4.69, 9.17) is 0 Å². The van der Waals surface area contributed by atoms with Gasteiger partial charge >= 0.3 is 17.9 Å². The Morgan fingerprint density at radius 2 is 1.46 bits per heavy atom. The molecule has 0 heterocycles. The number of aliphatic carboxylic acids is 1. The molecule has 26 heavy (non-hydrogen) atoms. The van der Waals surface area contributed by atoms with Crippen LogP contribution in [0.4, 0.5) is 0 Å². The molecule has 1 rings (SSSR count). The Bertz CT molecular complexity index is 686. The van der Waals surface area contributed by atoms with Gasteiger partial charge in [0, 0.05) is 20.4 Å². The van der Waals surface area contributed by atoms with Gasteiger partial charge in [0.25, 0.3) is 5.91 Å². The molecule has 0 aliphatic carbocycles. The largest absolute Gasteiger partial charge is 0.480 e. The third kappa shape index (κ3) is 5.53. The van der Waals surface area contributed by atoms with Gasteiger partial charge in [-0.1, -0.05) is 38.8 Å². The first-order valence-electron chi connectivity index (χ1n) is 7.27. The standard InChI is InChI=1S/C16H17Br2NO7/c1-7(11(15(23)25-2)16(24)26-3)12(14(21)22)19-13(20)8-4-9(17)6-10(18)5-8/h4-7,11-12H,1-3H3,(H,19,20)(H,21,22)/t7-,12-/m0/s1. The number of nitrogens with one attached hydrogen (secondary N) is 1. The van der Waals surface area contributed by atoms with E-state index in [1.54, 1.807) is 6.07 Å². The van der Waals surface area contributed by atoms with E-state index in [0.717, 1.165) is 14.2 Å².